The van der Waals surface area contributed by atoms with E-state index in [1.54, 1.807) is 0 Å². The van der Waals surface area contributed by atoms with Gasteiger partial charge in [-0.15, -0.1) is 0 Å². The topological polar surface area (TPSA) is 99.2 Å². The van der Waals surface area contributed by atoms with E-state index in [0.29, 0.717) is 75.1 Å². The van der Waals surface area contributed by atoms with Gasteiger partial charge in [0.2, 0.25) is 5.91 Å². The highest BCUT2D eigenvalue weighted by molar-refractivity contribution is 9.09. The second-order valence-corrected chi connectivity index (χ2v) is 22.5. The van der Waals surface area contributed by atoms with Crippen LogP contribution in [0.15, 0.2) is 0 Å². The van der Waals surface area contributed by atoms with Crippen LogP contribution < -0.4 is 0 Å². The van der Waals surface area contributed by atoms with E-state index in [4.69, 9.17) is 14.2 Å². The summed E-state index contributed by atoms with van der Waals surface area (Å²) in [6, 6.07) is 0.102. The number of halogens is 1. The Morgan fingerprint density at radius 1 is 0.352 bits per heavy atom. The Balaban J connectivity index is 5.41. The van der Waals surface area contributed by atoms with Crippen molar-refractivity contribution in [3.63, 3.8) is 0 Å². The Hall–Kier alpha value is -1.64. The largest absolute Gasteiger partial charge is 0.465 e. The molecule has 71 heavy (non-hydrogen) atoms. The summed E-state index contributed by atoms with van der Waals surface area (Å²) in [6.45, 7) is 15.7. The third kappa shape index (κ3) is 44.4. The van der Waals surface area contributed by atoms with Crippen molar-refractivity contribution >= 4 is 39.7 Å². The molecular weight excluding hydrogens is 951 g/mol. The summed E-state index contributed by atoms with van der Waals surface area (Å²) in [4.78, 5) is 54.5. The highest BCUT2D eigenvalue weighted by Gasteiger charge is 2.23. The third-order valence-corrected chi connectivity index (χ3v) is 15.4. The van der Waals surface area contributed by atoms with Gasteiger partial charge < -0.3 is 19.1 Å². The highest BCUT2D eigenvalue weighted by Crippen LogP contribution is 2.24. The normalized spacial score (nSPS) is 13.2. The van der Waals surface area contributed by atoms with Crippen molar-refractivity contribution in [3.05, 3.63) is 0 Å². The first-order chi connectivity index (χ1) is 34.7. The smallest absolute Gasteiger partial charge is 0.305 e. The standard InChI is InChI=1S/C62H118BrNO7/c1-7-13-18-22-24-31-42-56(40-29-20-15-9-3)53-70-61(67)46-35-26-33-44-58(64(59(65)49-50-63)51-38-28-37-48-60(66)69-52-55(12-6)39-17-11-5)45-34-27-36-47-62(68)71-54-57(41-30-21-16-10-4)43-32-25-23-19-14-8-2/h55-58H,7-54H2,1-6H3. The molecule has 0 spiro atoms. The van der Waals surface area contributed by atoms with Crippen molar-refractivity contribution < 1.29 is 33.4 Å². The third-order valence-electron chi connectivity index (χ3n) is 15.0. The average molecular weight is 1070 g/mol. The number of nitrogens with zero attached hydrogens (tertiary/aromatic N) is 1. The molecule has 0 bridgehead atoms. The molecule has 3 unspecified atom stereocenters. The summed E-state index contributed by atoms with van der Waals surface area (Å²) in [6.07, 6.45) is 46.0. The lowest BCUT2D eigenvalue weighted by atomic mass is 9.95. The maximum atomic E-state index is 13.8. The monoisotopic (exact) mass is 1070 g/mol. The Morgan fingerprint density at radius 3 is 1.04 bits per heavy atom. The number of esters is 3. The van der Waals surface area contributed by atoms with Gasteiger partial charge in [0.1, 0.15) is 0 Å². The van der Waals surface area contributed by atoms with Crippen LogP contribution in [-0.4, -0.2) is 66.5 Å². The zero-order valence-corrected chi connectivity index (χ0v) is 49.5. The molecule has 3 atom stereocenters. The minimum Gasteiger partial charge on any atom is -0.465 e. The fourth-order valence-corrected chi connectivity index (χ4v) is 10.4. The van der Waals surface area contributed by atoms with E-state index in [1.165, 1.54) is 135 Å². The quantitative estimate of drug-likeness (QED) is 0.0259. The Kier molecular flexibility index (Phi) is 52.0. The van der Waals surface area contributed by atoms with Crippen LogP contribution in [0.5, 0.6) is 0 Å². The molecule has 0 aromatic carbocycles. The van der Waals surface area contributed by atoms with Gasteiger partial charge >= 0.3 is 17.9 Å². The summed E-state index contributed by atoms with van der Waals surface area (Å²) in [5, 5.41) is 0.624. The molecule has 0 fully saturated rings. The van der Waals surface area contributed by atoms with E-state index in [2.05, 4.69) is 62.4 Å². The van der Waals surface area contributed by atoms with Crippen LogP contribution in [-0.2, 0) is 33.4 Å². The lowest BCUT2D eigenvalue weighted by Crippen LogP contribution is -2.41. The Labute approximate surface area is 449 Å². The number of alkyl halides is 1. The van der Waals surface area contributed by atoms with Crippen molar-refractivity contribution in [2.75, 3.05) is 31.7 Å². The minimum absolute atomic E-state index is 0.0680. The van der Waals surface area contributed by atoms with E-state index >= 15 is 0 Å². The molecule has 0 aliphatic carbocycles. The van der Waals surface area contributed by atoms with E-state index in [1.807, 2.05) is 0 Å². The zero-order valence-electron chi connectivity index (χ0n) is 47.9. The van der Waals surface area contributed by atoms with Gasteiger partial charge in [0.05, 0.1) is 19.8 Å². The van der Waals surface area contributed by atoms with Crippen molar-refractivity contribution in [1.29, 1.82) is 0 Å². The number of ether oxygens (including phenoxy) is 3. The molecule has 0 saturated heterocycles. The van der Waals surface area contributed by atoms with Gasteiger partial charge in [-0.1, -0.05) is 237 Å². The maximum absolute atomic E-state index is 13.8. The van der Waals surface area contributed by atoms with Crippen LogP contribution in [0.3, 0.4) is 0 Å². The van der Waals surface area contributed by atoms with Crippen LogP contribution in [0, 0.1) is 17.8 Å². The Bertz CT molecular complexity index is 1140. The zero-order chi connectivity index (χ0) is 52.3. The van der Waals surface area contributed by atoms with Crippen molar-refractivity contribution in [2.24, 2.45) is 17.8 Å². The van der Waals surface area contributed by atoms with Crippen LogP contribution in [0.1, 0.15) is 318 Å². The second-order valence-electron chi connectivity index (χ2n) is 21.7. The molecule has 8 nitrogen and oxygen atoms in total. The first-order valence-electron chi connectivity index (χ1n) is 31.0. The van der Waals surface area contributed by atoms with Gasteiger partial charge in [-0.05, 0) is 88.4 Å². The summed E-state index contributed by atoms with van der Waals surface area (Å²) in [5.74, 6) is 1.31. The molecule has 0 heterocycles. The van der Waals surface area contributed by atoms with E-state index in [-0.39, 0.29) is 29.9 Å². The molecule has 420 valence electrons. The van der Waals surface area contributed by atoms with E-state index in [9.17, 15) is 19.2 Å². The summed E-state index contributed by atoms with van der Waals surface area (Å²) in [5.41, 5.74) is 0. The van der Waals surface area contributed by atoms with Gasteiger partial charge in [0, 0.05) is 43.6 Å². The number of unbranched alkanes of at least 4 members (excludes halogenated alkanes) is 23. The number of rotatable bonds is 55. The van der Waals surface area contributed by atoms with Crippen LogP contribution in [0.4, 0.5) is 0 Å². The fourth-order valence-electron chi connectivity index (χ4n) is 10.1. The Morgan fingerprint density at radius 2 is 0.662 bits per heavy atom. The van der Waals surface area contributed by atoms with Crippen molar-refractivity contribution in [3.8, 4) is 0 Å². The van der Waals surface area contributed by atoms with Crippen molar-refractivity contribution in [1.82, 2.24) is 4.90 Å². The van der Waals surface area contributed by atoms with Crippen LogP contribution >= 0.6 is 15.9 Å². The van der Waals surface area contributed by atoms with E-state index < -0.39 is 0 Å². The number of hydrogen-bond acceptors (Lipinski definition) is 7. The molecule has 0 aromatic heterocycles. The molecule has 0 radical (unpaired) electrons. The fraction of sp³-hybridized carbons (Fsp3) is 0.935. The first-order valence-corrected chi connectivity index (χ1v) is 32.1. The average Bonchev–Trinajstić information content (AvgIpc) is 3.36. The summed E-state index contributed by atoms with van der Waals surface area (Å²) in [7, 11) is 0. The molecule has 9 heteroatoms. The van der Waals surface area contributed by atoms with Crippen molar-refractivity contribution in [2.45, 2.75) is 324 Å². The molecule has 0 aliphatic heterocycles. The first kappa shape index (κ1) is 69.4. The highest BCUT2D eigenvalue weighted by atomic mass is 79.9. The van der Waals surface area contributed by atoms with E-state index in [0.717, 1.165) is 116 Å². The van der Waals surface area contributed by atoms with Gasteiger partial charge in [-0.3, -0.25) is 19.2 Å². The number of carbonyl (C=O) groups is 4. The number of hydrogen-bond donors (Lipinski definition) is 0. The minimum atomic E-state index is -0.108. The van der Waals surface area contributed by atoms with Gasteiger partial charge in [0.15, 0.2) is 0 Å². The number of carbonyl (C=O) groups excluding carboxylic acids is 4. The van der Waals surface area contributed by atoms with Gasteiger partial charge in [-0.2, -0.15) is 0 Å². The van der Waals surface area contributed by atoms with Crippen LogP contribution in [0.2, 0.25) is 0 Å². The molecule has 0 aliphatic rings. The lowest BCUT2D eigenvalue weighted by molar-refractivity contribution is -0.146. The van der Waals surface area contributed by atoms with Crippen LogP contribution in [0.25, 0.3) is 0 Å². The predicted octanol–water partition coefficient (Wildman–Crippen LogP) is 19.0. The maximum Gasteiger partial charge on any atom is 0.305 e. The predicted molar refractivity (Wildman–Crippen MR) is 305 cm³/mol. The molecule has 0 saturated carbocycles. The van der Waals surface area contributed by atoms with Gasteiger partial charge in [0.25, 0.3) is 0 Å². The lowest BCUT2D eigenvalue weighted by Gasteiger charge is -2.32. The summed E-state index contributed by atoms with van der Waals surface area (Å²) < 4.78 is 17.5. The molecule has 0 aromatic rings. The number of amides is 1. The molecule has 0 N–H and O–H groups in total. The molecular formula is C62H118BrNO7. The SMILES string of the molecule is CCCCCCCCC(CCCCCC)COC(=O)CCCCCC(CCCCCC(=O)OCC(CCCCCC)CCCCCCCC)N(CCCCCC(=O)OCC(CC)CCCC)C(=O)CCBr. The van der Waals surface area contributed by atoms with Gasteiger partial charge in [-0.25, -0.2) is 0 Å². The molecule has 0 rings (SSSR count). The molecule has 1 amide bonds. The second kappa shape index (κ2) is 53.2. The summed E-state index contributed by atoms with van der Waals surface area (Å²) >= 11 is 3.53.